The molecule has 2 saturated heterocycles. The number of amides is 2. The van der Waals surface area contributed by atoms with Crippen molar-refractivity contribution in [3.8, 4) is 0 Å². The zero-order valence-corrected chi connectivity index (χ0v) is 17.2. The third-order valence-electron chi connectivity index (χ3n) is 5.03. The second-order valence-electron chi connectivity index (χ2n) is 6.66. The molecule has 1 aromatic rings. The van der Waals surface area contributed by atoms with E-state index in [0.29, 0.717) is 28.8 Å². The van der Waals surface area contributed by atoms with Crippen molar-refractivity contribution >= 4 is 46.8 Å². The molecule has 0 spiro atoms. The molecule has 2 fully saturated rings. The van der Waals surface area contributed by atoms with Crippen molar-refractivity contribution in [3.05, 3.63) is 33.8 Å². The Morgan fingerprint density at radius 3 is 2.65 bits per heavy atom. The van der Waals surface area contributed by atoms with Crippen LogP contribution >= 0.6 is 35.0 Å². The van der Waals surface area contributed by atoms with Gasteiger partial charge in [0.1, 0.15) is 5.37 Å². The molecule has 1 atom stereocenters. The Morgan fingerprint density at radius 1 is 1.27 bits per heavy atom. The number of halogens is 2. The smallest absolute Gasteiger partial charge is 0.234 e. The van der Waals surface area contributed by atoms with E-state index in [0.717, 1.165) is 38.3 Å². The lowest BCUT2D eigenvalue weighted by Gasteiger charge is -2.33. The van der Waals surface area contributed by atoms with Crippen molar-refractivity contribution in [1.82, 2.24) is 9.80 Å². The Balaban J connectivity index is 1.57. The van der Waals surface area contributed by atoms with E-state index in [4.69, 9.17) is 23.2 Å². The zero-order chi connectivity index (χ0) is 18.7. The lowest BCUT2D eigenvalue weighted by molar-refractivity contribution is -0.903. The minimum Gasteiger partial charge on any atom is -0.331 e. The number of hydrogen-bond donors (Lipinski definition) is 1. The molecule has 5 nitrogen and oxygen atoms in total. The largest absolute Gasteiger partial charge is 0.331 e. The van der Waals surface area contributed by atoms with Gasteiger partial charge >= 0.3 is 0 Å². The minimum absolute atomic E-state index is 0.000347. The van der Waals surface area contributed by atoms with Crippen LogP contribution in [0, 0.1) is 0 Å². The predicted molar refractivity (Wildman–Crippen MR) is 106 cm³/mol. The monoisotopic (exact) mass is 416 g/mol. The van der Waals surface area contributed by atoms with Crippen LogP contribution in [0.2, 0.25) is 10.0 Å². The van der Waals surface area contributed by atoms with Gasteiger partial charge in [0, 0.05) is 6.42 Å². The SMILES string of the molecule is CCC(=O)N1CC[NH+](CCN2C(=O)CS[C@H]2c2ccc(Cl)c(Cl)c2)CC1. The number of nitrogens with zero attached hydrogens (tertiary/aromatic N) is 2. The van der Waals surface area contributed by atoms with Gasteiger partial charge in [0.2, 0.25) is 11.8 Å². The molecule has 142 valence electrons. The fraction of sp³-hybridized carbons (Fsp3) is 0.556. The van der Waals surface area contributed by atoms with Crippen LogP contribution in [0.25, 0.3) is 0 Å². The number of hydrogen-bond acceptors (Lipinski definition) is 3. The summed E-state index contributed by atoms with van der Waals surface area (Å²) in [6.07, 6.45) is 0.570. The molecule has 0 aliphatic carbocycles. The van der Waals surface area contributed by atoms with Crippen LogP contribution < -0.4 is 4.90 Å². The molecule has 26 heavy (non-hydrogen) atoms. The van der Waals surface area contributed by atoms with Gasteiger partial charge in [-0.15, -0.1) is 11.8 Å². The average molecular weight is 417 g/mol. The van der Waals surface area contributed by atoms with Crippen molar-refractivity contribution in [3.63, 3.8) is 0 Å². The second-order valence-corrected chi connectivity index (χ2v) is 8.54. The Hall–Kier alpha value is -0.950. The average Bonchev–Trinajstić information content (AvgIpc) is 3.02. The fourth-order valence-corrected chi connectivity index (χ4v) is 4.98. The number of piperazine rings is 1. The summed E-state index contributed by atoms with van der Waals surface area (Å²) >= 11 is 13.8. The van der Waals surface area contributed by atoms with Crippen LogP contribution in [0.5, 0.6) is 0 Å². The van der Waals surface area contributed by atoms with Gasteiger partial charge < -0.3 is 14.7 Å². The normalized spacial score (nSPS) is 21.5. The molecule has 2 aliphatic heterocycles. The van der Waals surface area contributed by atoms with Gasteiger partial charge in [-0.1, -0.05) is 36.2 Å². The summed E-state index contributed by atoms with van der Waals surface area (Å²) in [6.45, 7) is 7.02. The van der Waals surface area contributed by atoms with Crippen LogP contribution in [-0.2, 0) is 9.59 Å². The summed E-state index contributed by atoms with van der Waals surface area (Å²) in [5.41, 5.74) is 1.02. The van der Waals surface area contributed by atoms with Crippen LogP contribution in [0.3, 0.4) is 0 Å². The van der Waals surface area contributed by atoms with Gasteiger partial charge in [-0.05, 0) is 17.7 Å². The first-order valence-corrected chi connectivity index (χ1v) is 10.8. The number of nitrogens with one attached hydrogen (secondary N) is 1. The van der Waals surface area contributed by atoms with E-state index in [-0.39, 0.29) is 17.2 Å². The maximum absolute atomic E-state index is 12.3. The van der Waals surface area contributed by atoms with Gasteiger partial charge in [0.25, 0.3) is 0 Å². The molecule has 1 aromatic carbocycles. The standard InChI is InChI=1S/C18H23Cl2N3O2S/c1-2-16(24)22-8-5-21(6-9-22)7-10-23-17(25)12-26-18(23)13-3-4-14(19)15(20)11-13/h3-4,11,18H,2,5-10,12H2,1H3/p+1/t18-/m0/s1. The van der Waals surface area contributed by atoms with E-state index < -0.39 is 0 Å². The number of benzene rings is 1. The Kier molecular flexibility index (Phi) is 6.72. The summed E-state index contributed by atoms with van der Waals surface area (Å²) in [5.74, 6) is 0.902. The minimum atomic E-state index is -0.000347. The van der Waals surface area contributed by atoms with Crippen molar-refractivity contribution in [1.29, 1.82) is 0 Å². The summed E-state index contributed by atoms with van der Waals surface area (Å²) in [4.78, 5) is 29.5. The van der Waals surface area contributed by atoms with E-state index in [2.05, 4.69) is 0 Å². The highest BCUT2D eigenvalue weighted by Gasteiger charge is 2.34. The van der Waals surface area contributed by atoms with Crippen molar-refractivity contribution < 1.29 is 14.5 Å². The van der Waals surface area contributed by atoms with Crippen LogP contribution in [0.1, 0.15) is 24.3 Å². The lowest BCUT2D eigenvalue weighted by atomic mass is 10.2. The molecule has 0 bridgehead atoms. The maximum atomic E-state index is 12.3. The van der Waals surface area contributed by atoms with E-state index in [1.165, 1.54) is 4.90 Å². The Bertz CT molecular complexity index is 680. The number of rotatable bonds is 5. The Morgan fingerprint density at radius 2 is 2.00 bits per heavy atom. The molecular formula is C18H24Cl2N3O2S+. The van der Waals surface area contributed by atoms with E-state index in [9.17, 15) is 9.59 Å². The van der Waals surface area contributed by atoms with E-state index >= 15 is 0 Å². The van der Waals surface area contributed by atoms with Crippen molar-refractivity contribution in [2.75, 3.05) is 45.0 Å². The van der Waals surface area contributed by atoms with E-state index in [1.54, 1.807) is 17.8 Å². The van der Waals surface area contributed by atoms with Gasteiger partial charge in [-0.2, -0.15) is 0 Å². The first-order valence-electron chi connectivity index (χ1n) is 8.97. The lowest BCUT2D eigenvalue weighted by Crippen LogP contribution is -3.15. The summed E-state index contributed by atoms with van der Waals surface area (Å²) in [7, 11) is 0. The summed E-state index contributed by atoms with van der Waals surface area (Å²) in [6, 6.07) is 5.59. The van der Waals surface area contributed by atoms with Gasteiger partial charge in [0.15, 0.2) is 0 Å². The summed E-state index contributed by atoms with van der Waals surface area (Å²) in [5, 5.41) is 1.05. The molecule has 0 radical (unpaired) electrons. The molecule has 0 saturated carbocycles. The molecule has 1 N–H and O–H groups in total. The molecule has 3 rings (SSSR count). The summed E-state index contributed by atoms with van der Waals surface area (Å²) < 4.78 is 0. The van der Waals surface area contributed by atoms with Gasteiger partial charge in [0.05, 0.1) is 55.1 Å². The van der Waals surface area contributed by atoms with Crippen LogP contribution in [0.4, 0.5) is 0 Å². The zero-order valence-electron chi connectivity index (χ0n) is 14.8. The molecule has 8 heteroatoms. The van der Waals surface area contributed by atoms with Crippen molar-refractivity contribution in [2.24, 2.45) is 0 Å². The second kappa shape index (κ2) is 8.83. The molecule has 2 amide bonds. The number of carbonyl (C=O) groups excluding carboxylic acids is 2. The number of carbonyl (C=O) groups is 2. The number of quaternary nitrogens is 1. The molecule has 0 unspecified atom stereocenters. The van der Waals surface area contributed by atoms with E-state index in [1.807, 2.05) is 28.9 Å². The highest BCUT2D eigenvalue weighted by atomic mass is 35.5. The van der Waals surface area contributed by atoms with Gasteiger partial charge in [-0.3, -0.25) is 9.59 Å². The van der Waals surface area contributed by atoms with Crippen LogP contribution in [0.15, 0.2) is 18.2 Å². The highest BCUT2D eigenvalue weighted by Crippen LogP contribution is 2.39. The molecule has 2 heterocycles. The third-order valence-corrected chi connectivity index (χ3v) is 7.02. The first-order chi connectivity index (χ1) is 12.5. The molecule has 0 aromatic heterocycles. The number of thioether (sulfide) groups is 1. The predicted octanol–water partition coefficient (Wildman–Crippen LogP) is 1.70. The molecular weight excluding hydrogens is 393 g/mol. The van der Waals surface area contributed by atoms with Gasteiger partial charge in [-0.25, -0.2) is 0 Å². The quantitative estimate of drug-likeness (QED) is 0.794. The topological polar surface area (TPSA) is 45.1 Å². The third kappa shape index (κ3) is 4.47. The van der Waals surface area contributed by atoms with Crippen molar-refractivity contribution in [2.45, 2.75) is 18.7 Å². The Labute approximate surface area is 168 Å². The fourth-order valence-electron chi connectivity index (χ4n) is 3.46. The van der Waals surface area contributed by atoms with Crippen LogP contribution in [-0.4, -0.2) is 66.6 Å². The highest BCUT2D eigenvalue weighted by molar-refractivity contribution is 8.00. The molecule has 2 aliphatic rings. The maximum Gasteiger partial charge on any atom is 0.234 e. The first kappa shape index (κ1) is 19.8.